The second kappa shape index (κ2) is 6.02. The largest absolute Gasteiger partial charge is 0.394 e. The van der Waals surface area contributed by atoms with Gasteiger partial charge in [0.2, 0.25) is 5.95 Å². The molecule has 1 aliphatic rings. The molecule has 0 saturated carbocycles. The number of rotatable bonds is 2. The normalized spacial score (nSPS) is 21.8. The van der Waals surface area contributed by atoms with Gasteiger partial charge in [-0.1, -0.05) is 13.8 Å². The average molecular weight is 281 g/mol. The SMILES string of the molecule is CC.Nc1nc2c(ncn2C2CCC(CO)O2)c(=O)[nH]1. The van der Waals surface area contributed by atoms with E-state index in [-0.39, 0.29) is 36.0 Å². The highest BCUT2D eigenvalue weighted by atomic mass is 16.5. The Morgan fingerprint density at radius 2 is 2.30 bits per heavy atom. The fraction of sp³-hybridized carbons (Fsp3) is 0.583. The molecule has 0 radical (unpaired) electrons. The van der Waals surface area contributed by atoms with E-state index in [9.17, 15) is 4.79 Å². The van der Waals surface area contributed by atoms with Crippen LogP contribution in [0.3, 0.4) is 0 Å². The van der Waals surface area contributed by atoms with Gasteiger partial charge in [0.05, 0.1) is 19.0 Å². The summed E-state index contributed by atoms with van der Waals surface area (Å²) in [5.41, 5.74) is 5.79. The Hall–Kier alpha value is -1.93. The van der Waals surface area contributed by atoms with Crippen molar-refractivity contribution in [3.05, 3.63) is 16.7 Å². The number of aromatic nitrogens is 4. The standard InChI is InChI=1S/C10H13N5O3.C2H6/c11-10-13-8-7(9(17)14-10)12-4-15(8)6-2-1-5(3-16)18-6;1-2/h4-6,16H,1-3H2,(H3,11,13,14,17);1-2H3. The van der Waals surface area contributed by atoms with Crippen molar-refractivity contribution in [2.24, 2.45) is 0 Å². The molecule has 2 unspecified atom stereocenters. The average Bonchev–Trinajstić information content (AvgIpc) is 3.06. The molecule has 110 valence electrons. The molecular weight excluding hydrogens is 262 g/mol. The molecule has 2 aromatic heterocycles. The summed E-state index contributed by atoms with van der Waals surface area (Å²) in [6.45, 7) is 3.99. The predicted octanol–water partition coefficient (Wildman–Crippen LogP) is 0.398. The van der Waals surface area contributed by atoms with Gasteiger partial charge in [-0.3, -0.25) is 14.3 Å². The van der Waals surface area contributed by atoms with Crippen LogP contribution in [0.2, 0.25) is 0 Å². The van der Waals surface area contributed by atoms with Gasteiger partial charge < -0.3 is 15.6 Å². The van der Waals surface area contributed by atoms with Crippen molar-refractivity contribution in [3.63, 3.8) is 0 Å². The summed E-state index contributed by atoms with van der Waals surface area (Å²) in [7, 11) is 0. The van der Waals surface area contributed by atoms with Gasteiger partial charge in [0.1, 0.15) is 6.23 Å². The van der Waals surface area contributed by atoms with Crippen molar-refractivity contribution in [1.29, 1.82) is 0 Å². The lowest BCUT2D eigenvalue weighted by Crippen LogP contribution is -2.16. The highest BCUT2D eigenvalue weighted by Crippen LogP contribution is 2.29. The van der Waals surface area contributed by atoms with Gasteiger partial charge in [-0.25, -0.2) is 4.98 Å². The molecule has 0 spiro atoms. The number of anilines is 1. The number of imidazole rings is 1. The summed E-state index contributed by atoms with van der Waals surface area (Å²) < 4.78 is 7.30. The molecule has 3 rings (SSSR count). The van der Waals surface area contributed by atoms with E-state index in [4.69, 9.17) is 15.6 Å². The molecule has 1 fully saturated rings. The summed E-state index contributed by atoms with van der Waals surface area (Å²) in [6.07, 6.45) is 2.58. The maximum Gasteiger partial charge on any atom is 0.280 e. The minimum atomic E-state index is -0.368. The third-order valence-electron chi connectivity index (χ3n) is 3.05. The van der Waals surface area contributed by atoms with Gasteiger partial charge in [0, 0.05) is 0 Å². The quantitative estimate of drug-likeness (QED) is 0.733. The lowest BCUT2D eigenvalue weighted by Gasteiger charge is -2.13. The van der Waals surface area contributed by atoms with Gasteiger partial charge in [-0.2, -0.15) is 4.98 Å². The number of nitrogens with one attached hydrogen (secondary N) is 1. The Morgan fingerprint density at radius 1 is 1.55 bits per heavy atom. The first kappa shape index (κ1) is 14.5. The van der Waals surface area contributed by atoms with E-state index in [2.05, 4.69) is 15.0 Å². The summed E-state index contributed by atoms with van der Waals surface area (Å²) >= 11 is 0. The first-order valence-corrected chi connectivity index (χ1v) is 6.67. The number of ether oxygens (including phenoxy) is 1. The Kier molecular flexibility index (Phi) is 4.35. The molecule has 8 nitrogen and oxygen atoms in total. The second-order valence-electron chi connectivity index (χ2n) is 4.25. The maximum atomic E-state index is 11.6. The van der Waals surface area contributed by atoms with Crippen molar-refractivity contribution in [2.75, 3.05) is 12.3 Å². The number of aliphatic hydroxyl groups is 1. The van der Waals surface area contributed by atoms with Gasteiger partial charge in [-0.05, 0) is 12.8 Å². The van der Waals surface area contributed by atoms with Crippen molar-refractivity contribution in [2.45, 2.75) is 39.0 Å². The molecule has 3 heterocycles. The van der Waals surface area contributed by atoms with E-state index in [1.54, 1.807) is 4.57 Å². The van der Waals surface area contributed by atoms with E-state index in [0.717, 1.165) is 12.8 Å². The van der Waals surface area contributed by atoms with Crippen LogP contribution in [0.5, 0.6) is 0 Å². The smallest absolute Gasteiger partial charge is 0.280 e. The van der Waals surface area contributed by atoms with Crippen LogP contribution in [0.1, 0.15) is 32.9 Å². The Labute approximate surface area is 115 Å². The molecule has 8 heteroatoms. The van der Waals surface area contributed by atoms with Crippen LogP contribution in [0.15, 0.2) is 11.1 Å². The first-order chi connectivity index (χ1) is 9.69. The van der Waals surface area contributed by atoms with Crippen LogP contribution in [0, 0.1) is 0 Å². The zero-order valence-corrected chi connectivity index (χ0v) is 11.5. The number of fused-ring (bicyclic) bond motifs is 1. The Morgan fingerprint density at radius 3 is 2.95 bits per heavy atom. The molecule has 0 aromatic carbocycles. The van der Waals surface area contributed by atoms with Crippen molar-refractivity contribution >= 4 is 17.1 Å². The molecule has 4 N–H and O–H groups in total. The minimum absolute atomic E-state index is 0.0146. The summed E-state index contributed by atoms with van der Waals surface area (Å²) in [4.78, 5) is 22.1. The Balaban J connectivity index is 0.000000704. The molecule has 1 saturated heterocycles. The molecule has 2 aromatic rings. The molecule has 1 aliphatic heterocycles. The van der Waals surface area contributed by atoms with E-state index in [1.807, 2.05) is 13.8 Å². The topological polar surface area (TPSA) is 119 Å². The van der Waals surface area contributed by atoms with Gasteiger partial charge in [0.15, 0.2) is 11.2 Å². The summed E-state index contributed by atoms with van der Waals surface area (Å²) in [6, 6.07) is 0. The van der Waals surface area contributed by atoms with Gasteiger partial charge >= 0.3 is 0 Å². The van der Waals surface area contributed by atoms with Crippen LogP contribution in [-0.4, -0.2) is 37.3 Å². The zero-order valence-electron chi connectivity index (χ0n) is 11.5. The van der Waals surface area contributed by atoms with Crippen LogP contribution in [-0.2, 0) is 4.74 Å². The number of H-pyrrole nitrogens is 1. The summed E-state index contributed by atoms with van der Waals surface area (Å²) in [5.74, 6) is 0.0472. The minimum Gasteiger partial charge on any atom is -0.394 e. The van der Waals surface area contributed by atoms with E-state index in [0.29, 0.717) is 5.65 Å². The molecule has 0 bridgehead atoms. The van der Waals surface area contributed by atoms with Crippen LogP contribution < -0.4 is 11.3 Å². The third-order valence-corrected chi connectivity index (χ3v) is 3.05. The Bertz CT molecular complexity index is 636. The van der Waals surface area contributed by atoms with E-state index >= 15 is 0 Å². The number of hydrogen-bond donors (Lipinski definition) is 3. The van der Waals surface area contributed by atoms with E-state index in [1.165, 1.54) is 6.33 Å². The fourth-order valence-electron chi connectivity index (χ4n) is 2.18. The lowest BCUT2D eigenvalue weighted by atomic mass is 10.2. The summed E-state index contributed by atoms with van der Waals surface area (Å²) in [5, 5.41) is 9.04. The zero-order chi connectivity index (χ0) is 14.7. The van der Waals surface area contributed by atoms with E-state index < -0.39 is 0 Å². The number of aliphatic hydroxyl groups excluding tert-OH is 1. The number of nitrogens with two attached hydrogens (primary N) is 1. The first-order valence-electron chi connectivity index (χ1n) is 6.67. The molecule has 20 heavy (non-hydrogen) atoms. The fourth-order valence-corrected chi connectivity index (χ4v) is 2.18. The highest BCUT2D eigenvalue weighted by molar-refractivity contribution is 5.70. The third kappa shape index (κ3) is 2.52. The van der Waals surface area contributed by atoms with Crippen molar-refractivity contribution < 1.29 is 9.84 Å². The van der Waals surface area contributed by atoms with Crippen molar-refractivity contribution in [1.82, 2.24) is 19.5 Å². The van der Waals surface area contributed by atoms with Crippen LogP contribution >= 0.6 is 0 Å². The maximum absolute atomic E-state index is 11.6. The van der Waals surface area contributed by atoms with Crippen LogP contribution in [0.4, 0.5) is 5.95 Å². The number of hydrogen-bond acceptors (Lipinski definition) is 6. The highest BCUT2D eigenvalue weighted by Gasteiger charge is 2.27. The second-order valence-corrected chi connectivity index (χ2v) is 4.25. The predicted molar refractivity (Wildman–Crippen MR) is 74.1 cm³/mol. The number of aromatic amines is 1. The van der Waals surface area contributed by atoms with Gasteiger partial charge in [0.25, 0.3) is 5.56 Å². The molecular formula is C12H19N5O3. The van der Waals surface area contributed by atoms with Crippen LogP contribution in [0.25, 0.3) is 11.2 Å². The molecule has 0 amide bonds. The monoisotopic (exact) mass is 281 g/mol. The molecule has 2 atom stereocenters. The lowest BCUT2D eigenvalue weighted by molar-refractivity contribution is -0.0207. The number of nitrogen functional groups attached to an aromatic ring is 1. The number of nitrogens with zero attached hydrogens (tertiary/aromatic N) is 3. The van der Waals surface area contributed by atoms with Gasteiger partial charge in [-0.15, -0.1) is 0 Å². The van der Waals surface area contributed by atoms with Crippen molar-refractivity contribution in [3.8, 4) is 0 Å². The molecule has 0 aliphatic carbocycles.